The van der Waals surface area contributed by atoms with Gasteiger partial charge in [-0.15, -0.1) is 11.3 Å². The van der Waals surface area contributed by atoms with E-state index in [1.807, 2.05) is 36.4 Å². The first-order chi connectivity index (χ1) is 11.9. The molecule has 1 aliphatic rings. The van der Waals surface area contributed by atoms with Crippen LogP contribution in [0.5, 0.6) is 0 Å². The molecule has 25 heavy (non-hydrogen) atoms. The molecule has 0 unspecified atom stereocenters. The van der Waals surface area contributed by atoms with Gasteiger partial charge in [0.15, 0.2) is 0 Å². The molecule has 0 atom stereocenters. The Morgan fingerprint density at radius 3 is 2.52 bits per heavy atom. The predicted molar refractivity (Wildman–Crippen MR) is 102 cm³/mol. The Balaban J connectivity index is 1.78. The lowest BCUT2D eigenvalue weighted by molar-refractivity contribution is 0.0765. The monoisotopic (exact) mass is 398 g/mol. The molecule has 1 aromatic heterocycles. The van der Waals surface area contributed by atoms with Crippen LogP contribution in [0.1, 0.15) is 16.8 Å². The van der Waals surface area contributed by atoms with Crippen molar-refractivity contribution in [3.63, 3.8) is 0 Å². The van der Waals surface area contributed by atoms with Crippen LogP contribution >= 0.6 is 22.9 Å². The molecular formula is C17H19ClN2O3S2. The van der Waals surface area contributed by atoms with Gasteiger partial charge in [-0.05, 0) is 18.1 Å². The zero-order chi connectivity index (χ0) is 18.0. The minimum atomic E-state index is -3.23. The molecular weight excluding hydrogens is 380 g/mol. The van der Waals surface area contributed by atoms with Crippen LogP contribution in [0.3, 0.4) is 0 Å². The van der Waals surface area contributed by atoms with Crippen LogP contribution in [0.25, 0.3) is 10.4 Å². The van der Waals surface area contributed by atoms with Crippen molar-refractivity contribution >= 4 is 38.9 Å². The SMILES string of the molecule is CS(=O)(=O)N1CCCN(C(=O)c2cc(-c3ccccc3)sc2Cl)CC1. The third kappa shape index (κ3) is 4.23. The maximum Gasteiger partial charge on any atom is 0.256 e. The quantitative estimate of drug-likeness (QED) is 0.797. The van der Waals surface area contributed by atoms with Gasteiger partial charge in [-0.25, -0.2) is 12.7 Å². The number of halogens is 1. The minimum Gasteiger partial charge on any atom is -0.337 e. The molecule has 0 radical (unpaired) electrons. The van der Waals surface area contributed by atoms with Gasteiger partial charge >= 0.3 is 0 Å². The first kappa shape index (κ1) is 18.4. The Labute approximate surface area is 156 Å². The molecule has 1 saturated heterocycles. The highest BCUT2D eigenvalue weighted by molar-refractivity contribution is 7.88. The van der Waals surface area contributed by atoms with Gasteiger partial charge in [0, 0.05) is 31.1 Å². The second-order valence-corrected chi connectivity index (χ2v) is 9.61. The Morgan fingerprint density at radius 2 is 1.84 bits per heavy atom. The number of sulfonamides is 1. The highest BCUT2D eigenvalue weighted by Crippen LogP contribution is 2.35. The van der Waals surface area contributed by atoms with E-state index in [1.54, 1.807) is 4.90 Å². The smallest absolute Gasteiger partial charge is 0.256 e. The summed E-state index contributed by atoms with van der Waals surface area (Å²) in [5.74, 6) is -0.140. The normalized spacial score (nSPS) is 16.6. The molecule has 2 aromatic rings. The number of benzene rings is 1. The molecule has 0 aliphatic carbocycles. The molecule has 1 fully saturated rings. The van der Waals surface area contributed by atoms with Crippen LogP contribution in [0.4, 0.5) is 0 Å². The van der Waals surface area contributed by atoms with E-state index in [0.29, 0.717) is 42.5 Å². The summed E-state index contributed by atoms with van der Waals surface area (Å²) in [6, 6.07) is 11.6. The van der Waals surface area contributed by atoms with Crippen molar-refractivity contribution in [3.05, 3.63) is 46.3 Å². The van der Waals surface area contributed by atoms with Gasteiger partial charge in [-0.3, -0.25) is 4.79 Å². The van der Waals surface area contributed by atoms with Crippen LogP contribution in [0.15, 0.2) is 36.4 Å². The molecule has 0 saturated carbocycles. The van der Waals surface area contributed by atoms with Crippen LogP contribution < -0.4 is 0 Å². The maximum atomic E-state index is 12.9. The van der Waals surface area contributed by atoms with Gasteiger partial charge in [0.25, 0.3) is 5.91 Å². The first-order valence-electron chi connectivity index (χ1n) is 7.95. The molecule has 5 nitrogen and oxygen atoms in total. The van der Waals surface area contributed by atoms with Gasteiger partial charge < -0.3 is 4.90 Å². The Kier molecular flexibility index (Phi) is 5.48. The van der Waals surface area contributed by atoms with Crippen molar-refractivity contribution in [2.45, 2.75) is 6.42 Å². The first-order valence-corrected chi connectivity index (χ1v) is 11.0. The predicted octanol–water partition coefficient (Wildman–Crippen LogP) is 3.18. The van der Waals surface area contributed by atoms with Crippen molar-refractivity contribution < 1.29 is 13.2 Å². The van der Waals surface area contributed by atoms with Crippen LogP contribution in [0, 0.1) is 0 Å². The summed E-state index contributed by atoms with van der Waals surface area (Å²) in [7, 11) is -3.23. The molecule has 1 amide bonds. The number of hydrogen-bond acceptors (Lipinski definition) is 4. The topological polar surface area (TPSA) is 57.7 Å². The van der Waals surface area contributed by atoms with E-state index in [1.165, 1.54) is 21.9 Å². The van der Waals surface area contributed by atoms with Crippen molar-refractivity contribution in [1.82, 2.24) is 9.21 Å². The Hall–Kier alpha value is -1.41. The van der Waals surface area contributed by atoms with Crippen LogP contribution in [-0.2, 0) is 10.0 Å². The molecule has 1 aromatic carbocycles. The van der Waals surface area contributed by atoms with Crippen molar-refractivity contribution in [1.29, 1.82) is 0 Å². The third-order valence-electron chi connectivity index (χ3n) is 4.19. The molecule has 0 bridgehead atoms. The van der Waals surface area contributed by atoms with Gasteiger partial charge in [-0.2, -0.15) is 0 Å². The fraction of sp³-hybridized carbons (Fsp3) is 0.353. The average molecular weight is 399 g/mol. The Morgan fingerprint density at radius 1 is 1.12 bits per heavy atom. The highest BCUT2D eigenvalue weighted by atomic mass is 35.5. The molecule has 0 spiro atoms. The summed E-state index contributed by atoms with van der Waals surface area (Å²) < 4.78 is 25.3. The molecule has 134 valence electrons. The summed E-state index contributed by atoms with van der Waals surface area (Å²) >= 11 is 7.70. The van der Waals surface area contributed by atoms with Crippen molar-refractivity contribution in [3.8, 4) is 10.4 Å². The third-order valence-corrected chi connectivity index (χ3v) is 6.90. The average Bonchev–Trinajstić information content (AvgIpc) is 2.80. The van der Waals surface area contributed by atoms with E-state index in [0.717, 1.165) is 10.4 Å². The van der Waals surface area contributed by atoms with E-state index < -0.39 is 10.0 Å². The number of amides is 1. The second kappa shape index (κ2) is 7.45. The number of carbonyl (C=O) groups is 1. The van der Waals surface area contributed by atoms with Gasteiger partial charge in [-0.1, -0.05) is 41.9 Å². The summed E-state index contributed by atoms with van der Waals surface area (Å²) in [6.07, 6.45) is 1.82. The zero-order valence-electron chi connectivity index (χ0n) is 13.8. The van der Waals surface area contributed by atoms with E-state index in [9.17, 15) is 13.2 Å². The van der Waals surface area contributed by atoms with E-state index in [2.05, 4.69) is 0 Å². The molecule has 8 heteroatoms. The Bertz CT molecular complexity index is 865. The fourth-order valence-corrected chi connectivity index (χ4v) is 5.00. The van der Waals surface area contributed by atoms with Crippen molar-refractivity contribution in [2.24, 2.45) is 0 Å². The highest BCUT2D eigenvalue weighted by Gasteiger charge is 2.26. The largest absolute Gasteiger partial charge is 0.337 e. The maximum absolute atomic E-state index is 12.9. The summed E-state index contributed by atoms with van der Waals surface area (Å²) in [4.78, 5) is 15.5. The van der Waals surface area contributed by atoms with E-state index in [-0.39, 0.29) is 5.91 Å². The number of nitrogens with zero attached hydrogens (tertiary/aromatic N) is 2. The lowest BCUT2D eigenvalue weighted by atomic mass is 10.1. The number of carbonyl (C=O) groups excluding carboxylic acids is 1. The number of hydrogen-bond donors (Lipinski definition) is 0. The lowest BCUT2D eigenvalue weighted by Crippen LogP contribution is -2.36. The molecule has 2 heterocycles. The second-order valence-electron chi connectivity index (χ2n) is 5.97. The van der Waals surface area contributed by atoms with Crippen molar-refractivity contribution in [2.75, 3.05) is 32.4 Å². The fourth-order valence-electron chi connectivity index (χ4n) is 2.86. The zero-order valence-corrected chi connectivity index (χ0v) is 16.2. The van der Waals surface area contributed by atoms with E-state index >= 15 is 0 Å². The van der Waals surface area contributed by atoms with E-state index in [4.69, 9.17) is 11.6 Å². The van der Waals surface area contributed by atoms with Gasteiger partial charge in [0.05, 0.1) is 11.8 Å². The molecule has 1 aliphatic heterocycles. The molecule has 0 N–H and O–H groups in total. The lowest BCUT2D eigenvalue weighted by Gasteiger charge is -2.20. The summed E-state index contributed by atoms with van der Waals surface area (Å²) in [5.41, 5.74) is 1.51. The summed E-state index contributed by atoms with van der Waals surface area (Å²) in [5, 5.41) is 0. The van der Waals surface area contributed by atoms with Gasteiger partial charge in [0.1, 0.15) is 4.34 Å². The number of rotatable bonds is 3. The number of thiophene rings is 1. The van der Waals surface area contributed by atoms with Crippen LogP contribution in [0.2, 0.25) is 4.34 Å². The molecule has 3 rings (SSSR count). The standard InChI is InChI=1S/C17H19ClN2O3S2/c1-25(22,23)20-9-5-8-19(10-11-20)17(21)14-12-15(24-16(14)18)13-6-3-2-4-7-13/h2-4,6-7,12H,5,8-11H2,1H3. The van der Waals surface area contributed by atoms with Gasteiger partial charge in [0.2, 0.25) is 10.0 Å². The summed E-state index contributed by atoms with van der Waals surface area (Å²) in [6.45, 7) is 1.66. The van der Waals surface area contributed by atoms with Crippen LogP contribution in [-0.4, -0.2) is 56.0 Å². The minimum absolute atomic E-state index is 0.140.